The van der Waals surface area contributed by atoms with Crippen molar-refractivity contribution in [3.8, 4) is 10.8 Å². The Bertz CT molecular complexity index is 597. The van der Waals surface area contributed by atoms with Gasteiger partial charge in [-0.3, -0.25) is 9.69 Å². The number of alkyl halides is 3. The predicted octanol–water partition coefficient (Wildman–Crippen LogP) is 2.25. The van der Waals surface area contributed by atoms with Gasteiger partial charge in [0.25, 0.3) is 5.89 Å². The summed E-state index contributed by atoms with van der Waals surface area (Å²) < 4.78 is 42.4. The summed E-state index contributed by atoms with van der Waals surface area (Å²) in [6, 6.07) is 3.50. The third-order valence-electron chi connectivity index (χ3n) is 2.32. The Morgan fingerprint density at radius 1 is 1.43 bits per heavy atom. The van der Waals surface area contributed by atoms with E-state index in [2.05, 4.69) is 10.2 Å². The normalized spacial score (nSPS) is 12.0. The second kappa shape index (κ2) is 6.22. The molecule has 0 saturated heterocycles. The zero-order valence-corrected chi connectivity index (χ0v) is 11.3. The Morgan fingerprint density at radius 2 is 2.19 bits per heavy atom. The van der Waals surface area contributed by atoms with Crippen molar-refractivity contribution >= 4 is 17.3 Å². The molecule has 0 aromatic carbocycles. The van der Waals surface area contributed by atoms with Crippen LogP contribution in [0.2, 0.25) is 0 Å². The standard InChI is InChI=1S/C11H10F3N3O3S/c12-11(13,14)6-17(5-9(18)19)4-8-15-16-10(20-8)7-2-1-3-21-7/h1-3H,4-6H2,(H,18,19). The van der Waals surface area contributed by atoms with Crippen LogP contribution in [0.25, 0.3) is 10.8 Å². The Labute approximate surface area is 120 Å². The van der Waals surface area contributed by atoms with Crippen molar-refractivity contribution in [2.45, 2.75) is 12.7 Å². The molecule has 2 aromatic heterocycles. The molecule has 10 heteroatoms. The SMILES string of the molecule is O=C(O)CN(Cc1nnc(-c2cccs2)o1)CC(F)(F)F. The number of halogens is 3. The molecular formula is C11H10F3N3O3S. The molecule has 6 nitrogen and oxygen atoms in total. The molecule has 0 aliphatic heterocycles. The zero-order valence-electron chi connectivity index (χ0n) is 10.5. The fraction of sp³-hybridized carbons (Fsp3) is 0.364. The van der Waals surface area contributed by atoms with Crippen LogP contribution in [0.3, 0.4) is 0 Å². The van der Waals surface area contributed by atoms with Crippen molar-refractivity contribution in [3.63, 3.8) is 0 Å². The van der Waals surface area contributed by atoms with Crippen molar-refractivity contribution in [2.24, 2.45) is 0 Å². The maximum Gasteiger partial charge on any atom is 0.401 e. The number of nitrogens with zero attached hydrogens (tertiary/aromatic N) is 3. The number of carbonyl (C=O) groups is 1. The van der Waals surface area contributed by atoms with Crippen LogP contribution in [0.5, 0.6) is 0 Å². The van der Waals surface area contributed by atoms with Crippen LogP contribution in [0.15, 0.2) is 21.9 Å². The highest BCUT2D eigenvalue weighted by atomic mass is 32.1. The quantitative estimate of drug-likeness (QED) is 0.879. The number of hydrogen-bond donors (Lipinski definition) is 1. The number of carboxylic acids is 1. The van der Waals surface area contributed by atoms with Gasteiger partial charge in [0.05, 0.1) is 24.5 Å². The number of thiophene rings is 1. The lowest BCUT2D eigenvalue weighted by Crippen LogP contribution is -2.37. The van der Waals surface area contributed by atoms with Crippen LogP contribution < -0.4 is 0 Å². The molecule has 0 bridgehead atoms. The molecule has 0 aliphatic rings. The molecular weight excluding hydrogens is 311 g/mol. The smallest absolute Gasteiger partial charge is 0.401 e. The van der Waals surface area contributed by atoms with Crippen LogP contribution in [0.4, 0.5) is 13.2 Å². The van der Waals surface area contributed by atoms with E-state index in [4.69, 9.17) is 9.52 Å². The summed E-state index contributed by atoms with van der Waals surface area (Å²) in [5, 5.41) is 17.8. The van der Waals surface area contributed by atoms with Crippen LogP contribution in [-0.2, 0) is 11.3 Å². The average molecular weight is 321 g/mol. The first-order valence-electron chi connectivity index (χ1n) is 5.70. The first-order chi connectivity index (χ1) is 9.83. The molecule has 0 amide bonds. The molecule has 0 spiro atoms. The lowest BCUT2D eigenvalue weighted by molar-refractivity contribution is -0.155. The van der Waals surface area contributed by atoms with Gasteiger partial charge in [-0.05, 0) is 11.4 Å². The van der Waals surface area contributed by atoms with Gasteiger partial charge in [0.2, 0.25) is 5.89 Å². The largest absolute Gasteiger partial charge is 0.480 e. The minimum Gasteiger partial charge on any atom is -0.480 e. The summed E-state index contributed by atoms with van der Waals surface area (Å²) in [4.78, 5) is 12.0. The average Bonchev–Trinajstić information content (AvgIpc) is 2.94. The summed E-state index contributed by atoms with van der Waals surface area (Å²) in [7, 11) is 0. The molecule has 0 atom stereocenters. The van der Waals surface area contributed by atoms with E-state index in [1.165, 1.54) is 11.3 Å². The van der Waals surface area contributed by atoms with E-state index in [1.54, 1.807) is 17.5 Å². The first kappa shape index (κ1) is 15.4. The fourth-order valence-corrected chi connectivity index (χ4v) is 2.27. The van der Waals surface area contributed by atoms with Crippen LogP contribution in [0.1, 0.15) is 5.89 Å². The van der Waals surface area contributed by atoms with Gasteiger partial charge in [0, 0.05) is 0 Å². The lowest BCUT2D eigenvalue weighted by Gasteiger charge is -2.19. The Hall–Kier alpha value is -1.94. The number of aromatic nitrogens is 2. The lowest BCUT2D eigenvalue weighted by atomic mass is 10.4. The third-order valence-corrected chi connectivity index (χ3v) is 3.18. The van der Waals surface area contributed by atoms with Gasteiger partial charge in [0.1, 0.15) is 0 Å². The van der Waals surface area contributed by atoms with Crippen LogP contribution in [-0.4, -0.2) is 45.4 Å². The molecule has 2 aromatic rings. The Balaban J connectivity index is 2.07. The molecule has 0 aliphatic carbocycles. The second-order valence-electron chi connectivity index (χ2n) is 4.13. The summed E-state index contributed by atoms with van der Waals surface area (Å²) in [6.07, 6.45) is -4.51. The van der Waals surface area contributed by atoms with Crippen molar-refractivity contribution in [1.29, 1.82) is 0 Å². The minimum absolute atomic E-state index is 0.0658. The van der Waals surface area contributed by atoms with Crippen molar-refractivity contribution in [3.05, 3.63) is 23.4 Å². The number of hydrogen-bond acceptors (Lipinski definition) is 6. The molecule has 1 N–H and O–H groups in total. The first-order valence-corrected chi connectivity index (χ1v) is 6.58. The van der Waals surface area contributed by atoms with E-state index in [1.807, 2.05) is 0 Å². The van der Waals surface area contributed by atoms with E-state index in [9.17, 15) is 18.0 Å². The second-order valence-corrected chi connectivity index (χ2v) is 5.08. The molecule has 0 unspecified atom stereocenters. The van der Waals surface area contributed by atoms with Crippen LogP contribution >= 0.6 is 11.3 Å². The van der Waals surface area contributed by atoms with Gasteiger partial charge in [-0.15, -0.1) is 21.5 Å². The van der Waals surface area contributed by atoms with E-state index < -0.39 is 25.2 Å². The molecule has 0 saturated carbocycles. The third kappa shape index (κ3) is 4.83. The molecule has 21 heavy (non-hydrogen) atoms. The van der Waals surface area contributed by atoms with E-state index in [-0.39, 0.29) is 18.3 Å². The fourth-order valence-electron chi connectivity index (χ4n) is 1.62. The van der Waals surface area contributed by atoms with Crippen LogP contribution in [0, 0.1) is 0 Å². The summed E-state index contributed by atoms with van der Waals surface area (Å²) in [5.41, 5.74) is 0. The topological polar surface area (TPSA) is 79.5 Å². The molecule has 2 rings (SSSR count). The van der Waals surface area contributed by atoms with Crippen molar-refractivity contribution in [2.75, 3.05) is 13.1 Å². The zero-order chi connectivity index (χ0) is 15.5. The summed E-state index contributed by atoms with van der Waals surface area (Å²) in [6.45, 7) is -2.52. The van der Waals surface area contributed by atoms with Gasteiger partial charge >= 0.3 is 12.1 Å². The minimum atomic E-state index is -4.51. The van der Waals surface area contributed by atoms with E-state index in [0.29, 0.717) is 9.78 Å². The molecule has 114 valence electrons. The summed E-state index contributed by atoms with van der Waals surface area (Å²) in [5.74, 6) is -1.23. The van der Waals surface area contributed by atoms with Gasteiger partial charge in [-0.1, -0.05) is 6.07 Å². The van der Waals surface area contributed by atoms with Gasteiger partial charge in [0.15, 0.2) is 0 Å². The van der Waals surface area contributed by atoms with E-state index >= 15 is 0 Å². The number of carboxylic acid groups (broad SMARTS) is 1. The number of rotatable bonds is 6. The highest BCUT2D eigenvalue weighted by Crippen LogP contribution is 2.24. The van der Waals surface area contributed by atoms with E-state index in [0.717, 1.165) is 0 Å². The maximum atomic E-state index is 12.4. The van der Waals surface area contributed by atoms with Crippen molar-refractivity contribution < 1.29 is 27.5 Å². The summed E-state index contributed by atoms with van der Waals surface area (Å²) >= 11 is 1.34. The molecule has 2 heterocycles. The van der Waals surface area contributed by atoms with Gasteiger partial charge in [-0.25, -0.2) is 0 Å². The number of aliphatic carboxylic acids is 1. The Kier molecular flexibility index (Phi) is 4.58. The highest BCUT2D eigenvalue weighted by molar-refractivity contribution is 7.13. The molecule has 0 fully saturated rings. The van der Waals surface area contributed by atoms with Gasteiger partial charge in [-0.2, -0.15) is 13.2 Å². The molecule has 0 radical (unpaired) electrons. The maximum absolute atomic E-state index is 12.4. The predicted molar refractivity (Wildman–Crippen MR) is 66.6 cm³/mol. The van der Waals surface area contributed by atoms with Crippen molar-refractivity contribution in [1.82, 2.24) is 15.1 Å². The Morgan fingerprint density at radius 3 is 2.76 bits per heavy atom. The highest BCUT2D eigenvalue weighted by Gasteiger charge is 2.32. The van der Waals surface area contributed by atoms with Gasteiger partial charge < -0.3 is 9.52 Å². The monoisotopic (exact) mass is 321 g/mol.